The first-order valence-electron chi connectivity index (χ1n) is 8.56. The monoisotopic (exact) mass is 476 g/mol. The van der Waals surface area contributed by atoms with Crippen LogP contribution >= 0.6 is 22.6 Å². The summed E-state index contributed by atoms with van der Waals surface area (Å²) in [4.78, 5) is 26.3. The predicted octanol–water partition coefficient (Wildman–Crippen LogP) is 1.90. The number of nitrogens with one attached hydrogen (secondary N) is 1. The third kappa shape index (κ3) is 2.81. The fourth-order valence-electron chi connectivity index (χ4n) is 4.24. The summed E-state index contributed by atoms with van der Waals surface area (Å²) in [6, 6.07) is 2.89. The molecule has 2 N–H and O–H groups in total. The molecule has 0 radical (unpaired) electrons. The van der Waals surface area contributed by atoms with Gasteiger partial charge in [-0.2, -0.15) is 0 Å². The number of benzene rings is 1. The van der Waals surface area contributed by atoms with Gasteiger partial charge in [-0.05, 0) is 60.9 Å². The largest absolute Gasteiger partial charge is 0.390 e. The van der Waals surface area contributed by atoms with Crippen molar-refractivity contribution in [1.82, 2.24) is 10.2 Å². The number of carbonyl (C=O) groups excluding carboxylic acids is 2. The van der Waals surface area contributed by atoms with Gasteiger partial charge in [-0.15, -0.1) is 0 Å². The molecule has 3 aliphatic rings. The molecule has 4 rings (SSSR count). The Morgan fingerprint density at radius 3 is 2.65 bits per heavy atom. The van der Waals surface area contributed by atoms with Crippen LogP contribution in [0.5, 0.6) is 0 Å². The van der Waals surface area contributed by atoms with Crippen molar-refractivity contribution >= 4 is 34.4 Å². The van der Waals surface area contributed by atoms with E-state index in [1.54, 1.807) is 6.92 Å². The van der Waals surface area contributed by atoms with Gasteiger partial charge in [-0.3, -0.25) is 9.59 Å². The number of carbonyl (C=O) groups is 2. The Morgan fingerprint density at radius 2 is 2.08 bits per heavy atom. The number of hydrogen-bond donors (Lipinski definition) is 2. The third-order valence-electron chi connectivity index (χ3n) is 5.64. The zero-order chi connectivity index (χ0) is 18.9. The Balaban J connectivity index is 1.53. The van der Waals surface area contributed by atoms with Gasteiger partial charge in [0.25, 0.3) is 5.91 Å². The normalized spacial score (nSPS) is 35.1. The molecule has 2 aliphatic carbocycles. The van der Waals surface area contributed by atoms with Gasteiger partial charge in [0.15, 0.2) is 0 Å². The van der Waals surface area contributed by atoms with E-state index < -0.39 is 28.9 Å². The summed E-state index contributed by atoms with van der Waals surface area (Å²) in [6.45, 7) is 1.51. The summed E-state index contributed by atoms with van der Waals surface area (Å²) < 4.78 is 29.2. The minimum atomic E-state index is -1.21. The topological polar surface area (TPSA) is 69.6 Å². The molecular weight excluding hydrogens is 457 g/mol. The van der Waals surface area contributed by atoms with Crippen molar-refractivity contribution in [2.75, 3.05) is 13.1 Å². The van der Waals surface area contributed by atoms with Gasteiger partial charge in [0.1, 0.15) is 12.0 Å². The van der Waals surface area contributed by atoms with E-state index >= 15 is 0 Å². The van der Waals surface area contributed by atoms with Gasteiger partial charge in [0, 0.05) is 27.3 Å². The summed E-state index contributed by atoms with van der Waals surface area (Å²) in [5, 5.41) is 12.5. The van der Waals surface area contributed by atoms with Crippen molar-refractivity contribution < 1.29 is 23.5 Å². The highest BCUT2D eigenvalue weighted by atomic mass is 127. The quantitative estimate of drug-likeness (QED) is 0.656. The van der Waals surface area contributed by atoms with Gasteiger partial charge in [-0.25, -0.2) is 8.78 Å². The number of rotatable bonds is 3. The molecule has 26 heavy (non-hydrogen) atoms. The number of halogens is 3. The summed E-state index contributed by atoms with van der Waals surface area (Å²) in [7, 11) is 0. The molecule has 8 heteroatoms. The van der Waals surface area contributed by atoms with E-state index in [9.17, 15) is 23.5 Å². The predicted molar refractivity (Wildman–Crippen MR) is 98.0 cm³/mol. The molecule has 2 amide bonds. The van der Waals surface area contributed by atoms with Gasteiger partial charge >= 0.3 is 0 Å². The average molecular weight is 476 g/mol. The molecule has 2 saturated carbocycles. The van der Waals surface area contributed by atoms with Crippen molar-refractivity contribution in [2.24, 2.45) is 0 Å². The van der Waals surface area contributed by atoms with Crippen LogP contribution in [0.3, 0.4) is 0 Å². The number of nitrogens with zero attached hydrogens (tertiary/aromatic N) is 1. The molecule has 0 bridgehead atoms. The highest BCUT2D eigenvalue weighted by Crippen LogP contribution is 2.55. The van der Waals surface area contributed by atoms with Gasteiger partial charge < -0.3 is 15.3 Å². The van der Waals surface area contributed by atoms with Crippen LogP contribution < -0.4 is 5.32 Å². The summed E-state index contributed by atoms with van der Waals surface area (Å²) in [5.41, 5.74) is -1.48. The van der Waals surface area contributed by atoms with Crippen LogP contribution in [0.1, 0.15) is 42.1 Å². The zero-order valence-electron chi connectivity index (χ0n) is 14.2. The van der Waals surface area contributed by atoms with Crippen molar-refractivity contribution in [3.8, 4) is 0 Å². The molecule has 140 valence electrons. The van der Waals surface area contributed by atoms with Crippen LogP contribution in [-0.2, 0) is 10.2 Å². The average Bonchev–Trinajstić information content (AvgIpc) is 3.15. The fourth-order valence-corrected chi connectivity index (χ4v) is 4.69. The Hall–Kier alpha value is -1.29. The lowest BCUT2D eigenvalue weighted by molar-refractivity contribution is -0.125. The molecule has 0 unspecified atom stereocenters. The summed E-state index contributed by atoms with van der Waals surface area (Å²) in [5.74, 6) is -1.33. The Bertz CT molecular complexity index is 808. The molecule has 5 nitrogen and oxygen atoms in total. The smallest absolute Gasteiger partial charge is 0.254 e. The van der Waals surface area contributed by atoms with Crippen molar-refractivity contribution in [2.45, 2.75) is 49.4 Å². The highest BCUT2D eigenvalue weighted by molar-refractivity contribution is 14.1. The molecule has 1 aliphatic heterocycles. The zero-order valence-corrected chi connectivity index (χ0v) is 16.3. The van der Waals surface area contributed by atoms with E-state index in [0.29, 0.717) is 16.4 Å². The molecule has 2 atom stereocenters. The molecule has 0 saturated heterocycles. The second kappa shape index (κ2) is 5.85. The Morgan fingerprint density at radius 1 is 1.42 bits per heavy atom. The summed E-state index contributed by atoms with van der Waals surface area (Å²) in [6.07, 6.45) is -0.117. The number of fused-ring (bicyclic) bond motifs is 2. The molecule has 2 fully saturated rings. The van der Waals surface area contributed by atoms with Crippen molar-refractivity contribution in [3.05, 3.63) is 32.6 Å². The van der Waals surface area contributed by atoms with Crippen LogP contribution in [0.2, 0.25) is 0 Å². The number of aliphatic hydroxyl groups is 1. The van der Waals surface area contributed by atoms with E-state index in [2.05, 4.69) is 5.32 Å². The van der Waals surface area contributed by atoms with Crippen molar-refractivity contribution in [3.63, 3.8) is 0 Å². The van der Waals surface area contributed by atoms with Crippen LogP contribution in [0.4, 0.5) is 8.78 Å². The molecule has 1 aromatic rings. The fraction of sp³-hybridized carbons (Fsp3) is 0.556. The van der Waals surface area contributed by atoms with E-state index in [4.69, 9.17) is 0 Å². The number of amides is 2. The molecular formula is C18H19F2IN2O3. The lowest BCUT2D eigenvalue weighted by Gasteiger charge is -2.41. The van der Waals surface area contributed by atoms with Gasteiger partial charge in [0.05, 0.1) is 17.6 Å². The number of alkyl halides is 1. The molecule has 1 heterocycles. The van der Waals surface area contributed by atoms with Crippen LogP contribution in [0.25, 0.3) is 0 Å². The van der Waals surface area contributed by atoms with Crippen LogP contribution in [0, 0.1) is 9.39 Å². The lowest BCUT2D eigenvalue weighted by Crippen LogP contribution is -2.56. The minimum Gasteiger partial charge on any atom is -0.390 e. The lowest BCUT2D eigenvalue weighted by atomic mass is 9.77. The van der Waals surface area contributed by atoms with E-state index in [1.165, 1.54) is 17.0 Å². The SMILES string of the molecule is CC1(O)CC(NC(=O)CN2C[C@]3(C[C@H]3F)c3c(ccc(I)c3F)C2=O)C1. The van der Waals surface area contributed by atoms with E-state index in [1.807, 2.05) is 22.6 Å². The first kappa shape index (κ1) is 18.1. The van der Waals surface area contributed by atoms with Gasteiger partial charge in [-0.1, -0.05) is 0 Å². The first-order valence-corrected chi connectivity index (χ1v) is 9.64. The highest BCUT2D eigenvalue weighted by Gasteiger charge is 2.62. The molecule has 1 aromatic carbocycles. The second-order valence-corrected chi connectivity index (χ2v) is 9.10. The molecule has 1 spiro atoms. The minimum absolute atomic E-state index is 0.00676. The maximum Gasteiger partial charge on any atom is 0.254 e. The van der Waals surface area contributed by atoms with Crippen LogP contribution in [0.15, 0.2) is 12.1 Å². The summed E-state index contributed by atoms with van der Waals surface area (Å²) >= 11 is 1.83. The van der Waals surface area contributed by atoms with E-state index in [0.717, 1.165) is 0 Å². The Kier molecular flexibility index (Phi) is 4.07. The van der Waals surface area contributed by atoms with Crippen molar-refractivity contribution in [1.29, 1.82) is 0 Å². The second-order valence-electron chi connectivity index (χ2n) is 7.94. The maximum absolute atomic E-state index is 14.6. The Labute approximate surface area is 163 Å². The maximum atomic E-state index is 14.6. The van der Waals surface area contributed by atoms with Gasteiger partial charge in [0.2, 0.25) is 5.91 Å². The standard InChI is InChI=1S/C18H19F2IN2O3/c1-17(26)4-9(5-17)22-13(24)7-23-8-18(6-12(18)19)14-10(16(23)25)2-3-11(21)15(14)20/h2-3,9,12,26H,4-8H2,1H3,(H,22,24)/t9?,12-,17?,18+/m1/s1. The third-order valence-corrected chi connectivity index (χ3v) is 6.47. The molecule has 0 aromatic heterocycles. The number of hydrogen-bond acceptors (Lipinski definition) is 3. The van der Waals surface area contributed by atoms with E-state index in [-0.39, 0.29) is 42.6 Å². The van der Waals surface area contributed by atoms with Crippen LogP contribution in [-0.4, -0.2) is 52.7 Å². The first-order chi connectivity index (χ1) is 12.1.